The summed E-state index contributed by atoms with van der Waals surface area (Å²) in [5, 5.41) is 9.13. The zero-order valence-electron chi connectivity index (χ0n) is 28.5. The lowest BCUT2D eigenvalue weighted by Crippen LogP contribution is -2.59. The Morgan fingerprint density at radius 1 is 0.976 bits per heavy atom. The molecule has 0 heterocycles. The minimum atomic E-state index is -1.87. The Labute approximate surface area is 258 Å². The lowest BCUT2D eigenvalue weighted by molar-refractivity contribution is -0.0883. The van der Waals surface area contributed by atoms with Crippen LogP contribution in [0.15, 0.2) is 33.8 Å². The van der Waals surface area contributed by atoms with Crippen molar-refractivity contribution in [3.05, 3.63) is 23.5 Å². The van der Waals surface area contributed by atoms with E-state index >= 15 is 0 Å². The number of nitrogens with zero attached hydrogens (tertiary/aromatic N) is 2. The van der Waals surface area contributed by atoms with E-state index in [1.54, 1.807) is 14.2 Å². The molecule has 4 aliphatic carbocycles. The van der Waals surface area contributed by atoms with Crippen molar-refractivity contribution in [2.75, 3.05) is 20.8 Å². The maximum absolute atomic E-state index is 7.25. The highest BCUT2D eigenvalue weighted by atomic mass is 28.4. The molecule has 0 aromatic rings. The summed E-state index contributed by atoms with van der Waals surface area (Å²) in [5.74, 6) is 2.76. The normalized spacial score (nSPS) is 35.6. The van der Waals surface area contributed by atoms with Crippen LogP contribution in [0.25, 0.3) is 0 Å². The highest BCUT2D eigenvalue weighted by Gasteiger charge is 2.64. The SMILES string of the molecule is CO/N=C/[C@]12C[C@H](O[Si](C)(C)C)[C@H]3[C@@H](CC=C4C=C(O[Si](C)(C)C)CC[C@@]43C)[C@@H]1CC[C@H]2/C(CO[Si](C)(C)C)=N\OC. The first-order valence-corrected chi connectivity index (χ1v) is 26.2. The fourth-order valence-corrected chi connectivity index (χ4v) is 11.3. The number of hydrogen-bond acceptors (Lipinski definition) is 7. The van der Waals surface area contributed by atoms with Gasteiger partial charge in [0.2, 0.25) is 8.32 Å². The molecule has 4 rings (SSSR count). The van der Waals surface area contributed by atoms with Crippen LogP contribution in [0.5, 0.6) is 0 Å². The average molecular weight is 635 g/mol. The van der Waals surface area contributed by atoms with Crippen LogP contribution >= 0.6 is 0 Å². The first-order chi connectivity index (χ1) is 19.4. The van der Waals surface area contributed by atoms with Crippen molar-refractivity contribution in [3.8, 4) is 0 Å². The van der Waals surface area contributed by atoms with Gasteiger partial charge in [0, 0.05) is 23.9 Å². The third kappa shape index (κ3) is 7.19. The van der Waals surface area contributed by atoms with Crippen LogP contribution in [0.3, 0.4) is 0 Å². The second-order valence-corrected chi connectivity index (χ2v) is 29.6. The van der Waals surface area contributed by atoms with Gasteiger partial charge in [0.1, 0.15) is 14.2 Å². The van der Waals surface area contributed by atoms with Crippen molar-refractivity contribution in [2.24, 2.45) is 44.8 Å². The van der Waals surface area contributed by atoms with E-state index < -0.39 is 25.0 Å². The number of allylic oxidation sites excluding steroid dienone is 4. The lowest BCUT2D eigenvalue weighted by Gasteiger charge is -2.60. The van der Waals surface area contributed by atoms with Gasteiger partial charge in [-0.1, -0.05) is 23.3 Å². The average Bonchev–Trinajstić information content (AvgIpc) is 3.22. The molecule has 0 N–H and O–H groups in total. The Bertz CT molecular complexity index is 1100. The van der Waals surface area contributed by atoms with Crippen LogP contribution in [-0.2, 0) is 23.0 Å². The van der Waals surface area contributed by atoms with Gasteiger partial charge in [-0.25, -0.2) is 0 Å². The van der Waals surface area contributed by atoms with Gasteiger partial charge in [-0.3, -0.25) is 0 Å². The Morgan fingerprint density at radius 2 is 1.69 bits per heavy atom. The number of fused-ring (bicyclic) bond motifs is 5. The monoisotopic (exact) mass is 634 g/mol. The van der Waals surface area contributed by atoms with Crippen LogP contribution in [0, 0.1) is 34.5 Å². The molecule has 0 unspecified atom stereocenters. The van der Waals surface area contributed by atoms with Crippen molar-refractivity contribution >= 4 is 36.9 Å². The summed E-state index contributed by atoms with van der Waals surface area (Å²) in [6.45, 7) is 23.5. The van der Waals surface area contributed by atoms with Crippen LogP contribution < -0.4 is 0 Å². The van der Waals surface area contributed by atoms with E-state index in [2.05, 4.69) is 94.5 Å². The second kappa shape index (κ2) is 12.3. The molecule has 7 nitrogen and oxygen atoms in total. The van der Waals surface area contributed by atoms with E-state index in [9.17, 15) is 0 Å². The van der Waals surface area contributed by atoms with Gasteiger partial charge in [-0.15, -0.1) is 0 Å². The summed E-state index contributed by atoms with van der Waals surface area (Å²) in [7, 11) is -1.99. The molecule has 0 aromatic carbocycles. The van der Waals surface area contributed by atoms with E-state index in [0.717, 1.165) is 44.2 Å². The number of rotatable bonds is 11. The fraction of sp³-hybridized carbons (Fsp3) is 0.812. The summed E-state index contributed by atoms with van der Waals surface area (Å²) in [4.78, 5) is 10.8. The highest BCUT2D eigenvalue weighted by molar-refractivity contribution is 6.70. The van der Waals surface area contributed by atoms with Crippen LogP contribution in [0.4, 0.5) is 0 Å². The maximum Gasteiger partial charge on any atom is 0.241 e. The zero-order chi connectivity index (χ0) is 31.1. The Morgan fingerprint density at radius 3 is 2.29 bits per heavy atom. The van der Waals surface area contributed by atoms with Gasteiger partial charge in [-0.2, -0.15) is 0 Å². The molecule has 0 aliphatic heterocycles. The fourth-order valence-electron chi connectivity index (χ4n) is 8.60. The molecule has 10 heteroatoms. The second-order valence-electron chi connectivity index (χ2n) is 16.2. The van der Waals surface area contributed by atoms with Gasteiger partial charge in [0.05, 0.1) is 24.3 Å². The summed E-state index contributed by atoms with van der Waals surface area (Å²) in [6, 6.07) is 0. The molecule has 7 atom stereocenters. The molecule has 0 aromatic heterocycles. The molecule has 4 aliphatic rings. The van der Waals surface area contributed by atoms with E-state index in [4.69, 9.17) is 23.0 Å². The summed E-state index contributed by atoms with van der Waals surface area (Å²) >= 11 is 0. The van der Waals surface area contributed by atoms with E-state index in [1.165, 1.54) is 11.3 Å². The van der Waals surface area contributed by atoms with Crippen molar-refractivity contribution in [3.63, 3.8) is 0 Å². The largest absolute Gasteiger partial charge is 0.547 e. The van der Waals surface area contributed by atoms with E-state index in [-0.39, 0.29) is 22.9 Å². The molecule has 0 bridgehead atoms. The van der Waals surface area contributed by atoms with Crippen molar-refractivity contribution < 1.29 is 23.0 Å². The minimum absolute atomic E-state index is 0.0621. The van der Waals surface area contributed by atoms with Crippen molar-refractivity contribution in [1.82, 2.24) is 0 Å². The molecule has 0 amide bonds. The molecule has 0 saturated heterocycles. The van der Waals surface area contributed by atoms with Gasteiger partial charge < -0.3 is 23.0 Å². The van der Waals surface area contributed by atoms with E-state index in [1.807, 2.05) is 0 Å². The van der Waals surface area contributed by atoms with Gasteiger partial charge in [0.15, 0.2) is 16.6 Å². The highest BCUT2D eigenvalue weighted by Crippen LogP contribution is 2.66. The molecule has 0 spiro atoms. The molecule has 2 saturated carbocycles. The molecule has 0 radical (unpaired) electrons. The first kappa shape index (κ1) is 33.7. The van der Waals surface area contributed by atoms with Crippen LogP contribution in [-0.4, -0.2) is 63.8 Å². The predicted octanol–water partition coefficient (Wildman–Crippen LogP) is 8.21. The topological polar surface area (TPSA) is 70.9 Å². The first-order valence-electron chi connectivity index (χ1n) is 16.0. The van der Waals surface area contributed by atoms with Gasteiger partial charge in [0.25, 0.3) is 0 Å². The third-order valence-electron chi connectivity index (χ3n) is 9.86. The number of oxime groups is 2. The third-order valence-corrected chi connectivity index (χ3v) is 12.8. The Hall–Kier alpha value is -1.21. The molecular formula is C32H58N2O5Si3. The molecule has 238 valence electrons. The molecule has 42 heavy (non-hydrogen) atoms. The smallest absolute Gasteiger partial charge is 0.241 e. The van der Waals surface area contributed by atoms with Crippen molar-refractivity contribution in [2.45, 2.75) is 110 Å². The van der Waals surface area contributed by atoms with Crippen molar-refractivity contribution in [1.29, 1.82) is 0 Å². The minimum Gasteiger partial charge on any atom is -0.547 e. The Kier molecular flexibility index (Phi) is 9.86. The zero-order valence-corrected chi connectivity index (χ0v) is 31.5. The molecule has 2 fully saturated rings. The quantitative estimate of drug-likeness (QED) is 0.130. The van der Waals surface area contributed by atoms with Gasteiger partial charge in [-0.05, 0) is 126 Å². The maximum atomic E-state index is 7.25. The Balaban J connectivity index is 1.80. The summed E-state index contributed by atoms with van der Waals surface area (Å²) in [5.41, 5.74) is 2.30. The lowest BCUT2D eigenvalue weighted by atomic mass is 9.46. The number of hydrogen-bond donors (Lipinski definition) is 0. The summed E-state index contributed by atoms with van der Waals surface area (Å²) < 4.78 is 20.2. The predicted molar refractivity (Wildman–Crippen MR) is 180 cm³/mol. The van der Waals surface area contributed by atoms with E-state index in [0.29, 0.717) is 24.4 Å². The summed E-state index contributed by atoms with van der Waals surface area (Å²) in [6.07, 6.45) is 13.5. The van der Waals surface area contributed by atoms with Crippen LogP contribution in [0.1, 0.15) is 45.4 Å². The standard InChI is InChI=1S/C32H58N2O5Si3/c1-31-18-17-24(38-41(7,8)9)19-23(31)13-14-25-26-15-16-27(28(34-36-3)21-37-40(4,5)6)32(26,22-33-35-2)20-29(30(25)31)39-42(10,11)12/h13,19,22,25-27,29-30H,14-18,20-21H2,1-12H3/b33-22+,34-28-/t25-,26-,27-,29-,30+,31-,32+/m0/s1. The van der Waals surface area contributed by atoms with Crippen LogP contribution in [0.2, 0.25) is 58.9 Å². The molecular weight excluding hydrogens is 577 g/mol. The van der Waals surface area contributed by atoms with Gasteiger partial charge >= 0.3 is 0 Å².